The van der Waals surface area contributed by atoms with Crippen molar-refractivity contribution in [2.45, 2.75) is 12.8 Å². The molecular weight excluding hydrogens is 270 g/mol. The van der Waals surface area contributed by atoms with Crippen LogP contribution in [-0.2, 0) is 5.88 Å². The van der Waals surface area contributed by atoms with Gasteiger partial charge in [0.15, 0.2) is 0 Å². The Bertz CT molecular complexity index is 755. The van der Waals surface area contributed by atoms with Crippen LogP contribution in [0.25, 0.3) is 10.8 Å². The first-order valence-electron chi connectivity index (χ1n) is 6.46. The van der Waals surface area contributed by atoms with Crippen LogP contribution in [0.1, 0.15) is 11.3 Å². The molecule has 3 aromatic rings. The summed E-state index contributed by atoms with van der Waals surface area (Å²) in [5.41, 5.74) is 1.89. The molecule has 0 aliphatic heterocycles. The minimum Gasteiger partial charge on any atom is -0.438 e. The lowest BCUT2D eigenvalue weighted by Gasteiger charge is -2.11. The van der Waals surface area contributed by atoms with E-state index < -0.39 is 0 Å². The van der Waals surface area contributed by atoms with Crippen molar-refractivity contribution in [3.05, 3.63) is 65.9 Å². The number of fused-ring (bicyclic) bond motifs is 1. The number of alkyl halides is 1. The predicted octanol–water partition coefficient (Wildman–Crippen LogP) is 5.07. The van der Waals surface area contributed by atoms with Gasteiger partial charge in [-0.1, -0.05) is 36.4 Å². The van der Waals surface area contributed by atoms with E-state index in [9.17, 15) is 0 Å². The maximum Gasteiger partial charge on any atom is 0.227 e. The number of aromatic nitrogens is 1. The van der Waals surface area contributed by atoms with Gasteiger partial charge in [-0.15, -0.1) is 11.6 Å². The van der Waals surface area contributed by atoms with E-state index >= 15 is 0 Å². The van der Waals surface area contributed by atoms with Gasteiger partial charge < -0.3 is 4.74 Å². The summed E-state index contributed by atoms with van der Waals surface area (Å²) in [5.74, 6) is 1.79. The Morgan fingerprint density at radius 1 is 1.05 bits per heavy atom. The van der Waals surface area contributed by atoms with Gasteiger partial charge in [0.05, 0.1) is 11.6 Å². The molecule has 0 amide bonds. The minimum atomic E-state index is 0.370. The van der Waals surface area contributed by atoms with Crippen LogP contribution in [0.4, 0.5) is 0 Å². The lowest BCUT2D eigenvalue weighted by Crippen LogP contribution is -1.94. The standard InChI is InChI=1S/C17H14ClNO/c1-12-6-2-5-9-16(12)20-17-15-8-4-3-7-13(15)10-14(11-18)19-17/h2-10H,11H2,1H3. The number of ether oxygens (including phenoxy) is 1. The molecule has 0 N–H and O–H groups in total. The molecule has 0 fully saturated rings. The molecule has 0 radical (unpaired) electrons. The SMILES string of the molecule is Cc1ccccc1Oc1nc(CCl)cc2ccccc12. The number of rotatable bonds is 3. The molecule has 2 aromatic carbocycles. The van der Waals surface area contributed by atoms with Crippen molar-refractivity contribution in [1.29, 1.82) is 0 Å². The molecule has 3 heteroatoms. The first-order valence-corrected chi connectivity index (χ1v) is 6.99. The van der Waals surface area contributed by atoms with Crippen LogP contribution in [0.15, 0.2) is 54.6 Å². The smallest absolute Gasteiger partial charge is 0.227 e. The summed E-state index contributed by atoms with van der Waals surface area (Å²) in [7, 11) is 0. The van der Waals surface area contributed by atoms with E-state index in [0.29, 0.717) is 11.8 Å². The number of nitrogens with zero attached hydrogens (tertiary/aromatic N) is 1. The van der Waals surface area contributed by atoms with Crippen LogP contribution in [0, 0.1) is 6.92 Å². The fraction of sp³-hybridized carbons (Fsp3) is 0.118. The average Bonchev–Trinajstić information content (AvgIpc) is 2.49. The van der Waals surface area contributed by atoms with Crippen molar-refractivity contribution in [3.8, 4) is 11.6 Å². The van der Waals surface area contributed by atoms with Gasteiger partial charge in [0, 0.05) is 5.39 Å². The number of pyridine rings is 1. The first-order chi connectivity index (χ1) is 9.78. The Kier molecular flexibility index (Phi) is 3.57. The van der Waals surface area contributed by atoms with E-state index in [4.69, 9.17) is 16.3 Å². The number of halogens is 1. The molecule has 0 spiro atoms. The number of benzene rings is 2. The second-order valence-electron chi connectivity index (χ2n) is 4.64. The zero-order valence-electron chi connectivity index (χ0n) is 11.1. The third kappa shape index (κ3) is 2.47. The highest BCUT2D eigenvalue weighted by atomic mass is 35.5. The van der Waals surface area contributed by atoms with Gasteiger partial charge in [-0.2, -0.15) is 0 Å². The Morgan fingerprint density at radius 3 is 2.60 bits per heavy atom. The maximum absolute atomic E-state index is 6.00. The Balaban J connectivity index is 2.13. The minimum absolute atomic E-state index is 0.370. The quantitative estimate of drug-likeness (QED) is 0.626. The number of aryl methyl sites for hydroxylation is 1. The fourth-order valence-electron chi connectivity index (χ4n) is 2.14. The zero-order chi connectivity index (χ0) is 13.9. The van der Waals surface area contributed by atoms with Crippen LogP contribution in [-0.4, -0.2) is 4.98 Å². The van der Waals surface area contributed by atoms with Gasteiger partial charge in [-0.25, -0.2) is 4.98 Å². The third-order valence-electron chi connectivity index (χ3n) is 3.20. The van der Waals surface area contributed by atoms with Gasteiger partial charge in [0.25, 0.3) is 0 Å². The van der Waals surface area contributed by atoms with Crippen molar-refractivity contribution in [2.24, 2.45) is 0 Å². The third-order valence-corrected chi connectivity index (χ3v) is 3.47. The number of hydrogen-bond donors (Lipinski definition) is 0. The largest absolute Gasteiger partial charge is 0.438 e. The summed E-state index contributed by atoms with van der Waals surface area (Å²) in [4.78, 5) is 4.50. The lowest BCUT2D eigenvalue weighted by atomic mass is 10.1. The van der Waals surface area contributed by atoms with Crippen LogP contribution >= 0.6 is 11.6 Å². The highest BCUT2D eigenvalue weighted by Crippen LogP contribution is 2.30. The molecular formula is C17H14ClNO. The highest BCUT2D eigenvalue weighted by molar-refractivity contribution is 6.17. The fourth-order valence-corrected chi connectivity index (χ4v) is 2.28. The predicted molar refractivity (Wildman–Crippen MR) is 82.6 cm³/mol. The molecule has 0 aliphatic carbocycles. The maximum atomic E-state index is 6.00. The summed E-state index contributed by atoms with van der Waals surface area (Å²) in [6.45, 7) is 2.02. The molecule has 20 heavy (non-hydrogen) atoms. The summed E-state index contributed by atoms with van der Waals surface area (Å²) in [6.07, 6.45) is 0. The molecule has 100 valence electrons. The Hall–Kier alpha value is -2.06. The van der Waals surface area contributed by atoms with E-state index in [0.717, 1.165) is 27.8 Å². The molecule has 3 rings (SSSR count). The van der Waals surface area contributed by atoms with Gasteiger partial charge in [0.1, 0.15) is 5.75 Å². The zero-order valence-corrected chi connectivity index (χ0v) is 11.9. The van der Waals surface area contributed by atoms with E-state index in [1.807, 2.05) is 61.5 Å². The molecule has 0 unspecified atom stereocenters. The van der Waals surface area contributed by atoms with Crippen LogP contribution in [0.5, 0.6) is 11.6 Å². The molecule has 0 bridgehead atoms. The van der Waals surface area contributed by atoms with E-state index in [1.54, 1.807) is 0 Å². The van der Waals surface area contributed by atoms with E-state index in [1.165, 1.54) is 0 Å². The molecule has 0 atom stereocenters. The van der Waals surface area contributed by atoms with Crippen molar-refractivity contribution < 1.29 is 4.74 Å². The molecule has 0 saturated heterocycles. The van der Waals surface area contributed by atoms with Crippen LogP contribution in [0.3, 0.4) is 0 Å². The Labute approximate surface area is 123 Å². The van der Waals surface area contributed by atoms with Crippen LogP contribution < -0.4 is 4.74 Å². The summed E-state index contributed by atoms with van der Waals surface area (Å²) in [6, 6.07) is 17.9. The topological polar surface area (TPSA) is 22.1 Å². The second kappa shape index (κ2) is 5.51. The highest BCUT2D eigenvalue weighted by Gasteiger charge is 2.08. The summed E-state index contributed by atoms with van der Waals surface area (Å²) < 4.78 is 6.00. The van der Waals surface area contributed by atoms with Crippen molar-refractivity contribution in [2.75, 3.05) is 0 Å². The monoisotopic (exact) mass is 283 g/mol. The summed E-state index contributed by atoms with van der Waals surface area (Å²) >= 11 is 5.92. The van der Waals surface area contributed by atoms with Gasteiger partial charge in [-0.05, 0) is 36.1 Å². The summed E-state index contributed by atoms with van der Waals surface area (Å²) in [5, 5.41) is 2.08. The van der Waals surface area contributed by atoms with Gasteiger partial charge in [0.2, 0.25) is 5.88 Å². The first kappa shape index (κ1) is 12.9. The van der Waals surface area contributed by atoms with Crippen molar-refractivity contribution in [3.63, 3.8) is 0 Å². The molecule has 2 nitrogen and oxygen atoms in total. The molecule has 1 aromatic heterocycles. The second-order valence-corrected chi connectivity index (χ2v) is 4.91. The number of hydrogen-bond acceptors (Lipinski definition) is 2. The van der Waals surface area contributed by atoms with Crippen molar-refractivity contribution >= 4 is 22.4 Å². The van der Waals surface area contributed by atoms with Gasteiger partial charge >= 0.3 is 0 Å². The van der Waals surface area contributed by atoms with Crippen molar-refractivity contribution in [1.82, 2.24) is 4.98 Å². The lowest BCUT2D eigenvalue weighted by molar-refractivity contribution is 0.464. The normalized spacial score (nSPS) is 10.7. The average molecular weight is 284 g/mol. The molecule has 1 heterocycles. The Morgan fingerprint density at radius 2 is 1.80 bits per heavy atom. The van der Waals surface area contributed by atoms with Crippen LogP contribution in [0.2, 0.25) is 0 Å². The number of para-hydroxylation sites is 1. The molecule has 0 saturated carbocycles. The van der Waals surface area contributed by atoms with E-state index in [-0.39, 0.29) is 0 Å². The van der Waals surface area contributed by atoms with Gasteiger partial charge in [-0.3, -0.25) is 0 Å². The molecule has 0 aliphatic rings. The van der Waals surface area contributed by atoms with E-state index in [2.05, 4.69) is 4.98 Å².